The summed E-state index contributed by atoms with van der Waals surface area (Å²) in [5.41, 5.74) is -0.306. The third-order valence-electron chi connectivity index (χ3n) is 5.78. The fraction of sp³-hybridized carbons (Fsp3) is 0.933. The van der Waals surface area contributed by atoms with E-state index in [-0.39, 0.29) is 5.54 Å². The molecule has 0 heterocycles. The van der Waals surface area contributed by atoms with E-state index in [1.807, 2.05) is 0 Å². The Labute approximate surface area is 105 Å². The first-order chi connectivity index (χ1) is 8.01. The van der Waals surface area contributed by atoms with Crippen molar-refractivity contribution in [2.75, 3.05) is 7.05 Å². The Balaban J connectivity index is 1.83. The quantitative estimate of drug-likeness (QED) is 0.731. The van der Waals surface area contributed by atoms with Gasteiger partial charge in [0.05, 0.1) is 6.07 Å². The van der Waals surface area contributed by atoms with Gasteiger partial charge in [-0.3, -0.25) is 4.90 Å². The second-order valence-corrected chi connectivity index (χ2v) is 7.20. The number of hydrogen-bond donors (Lipinski definition) is 0. The van der Waals surface area contributed by atoms with Crippen molar-refractivity contribution in [2.24, 2.45) is 23.7 Å². The van der Waals surface area contributed by atoms with E-state index in [1.165, 1.54) is 32.1 Å². The molecule has 17 heavy (non-hydrogen) atoms. The molecule has 4 saturated carbocycles. The second-order valence-electron chi connectivity index (χ2n) is 7.20. The maximum Gasteiger partial charge on any atom is 0.103 e. The van der Waals surface area contributed by atoms with Crippen molar-refractivity contribution in [1.82, 2.24) is 4.90 Å². The van der Waals surface area contributed by atoms with Crippen LogP contribution in [0.5, 0.6) is 0 Å². The van der Waals surface area contributed by atoms with Gasteiger partial charge in [0.1, 0.15) is 5.54 Å². The fourth-order valence-electron chi connectivity index (χ4n) is 4.98. The highest BCUT2D eigenvalue weighted by Gasteiger charge is 2.51. The summed E-state index contributed by atoms with van der Waals surface area (Å²) in [4.78, 5) is 2.39. The molecule has 4 rings (SSSR count). The molecule has 0 aromatic carbocycles. The van der Waals surface area contributed by atoms with E-state index in [9.17, 15) is 5.26 Å². The zero-order valence-electron chi connectivity index (χ0n) is 11.3. The SMILES string of the molecule is CN(C1C2CC3CC(C2)CC1C3)C(C)(C)C#N. The minimum absolute atomic E-state index is 0.306. The molecular formula is C15H24N2. The van der Waals surface area contributed by atoms with Crippen molar-refractivity contribution < 1.29 is 0 Å². The Hall–Kier alpha value is -0.550. The summed E-state index contributed by atoms with van der Waals surface area (Å²) in [6.07, 6.45) is 7.24. The normalized spacial score (nSPS) is 44.1. The molecule has 4 bridgehead atoms. The summed E-state index contributed by atoms with van der Waals surface area (Å²) >= 11 is 0. The molecule has 94 valence electrons. The third-order valence-corrected chi connectivity index (χ3v) is 5.78. The molecule has 4 aliphatic carbocycles. The summed E-state index contributed by atoms with van der Waals surface area (Å²) in [5.74, 6) is 3.80. The first kappa shape index (κ1) is 11.5. The van der Waals surface area contributed by atoms with Crippen molar-refractivity contribution >= 4 is 0 Å². The molecule has 0 aromatic rings. The molecule has 4 aliphatic rings. The van der Waals surface area contributed by atoms with E-state index in [2.05, 4.69) is 31.9 Å². The molecule has 2 heteroatoms. The smallest absolute Gasteiger partial charge is 0.103 e. The molecule has 2 nitrogen and oxygen atoms in total. The summed E-state index contributed by atoms with van der Waals surface area (Å²) < 4.78 is 0. The third kappa shape index (κ3) is 1.71. The standard InChI is InChI=1S/C15H24N2/c1-15(2,9-16)17(3)14-12-5-10-4-11(7-12)8-13(14)6-10/h10-14H,4-8H2,1-3H3. The maximum atomic E-state index is 9.33. The minimum atomic E-state index is -0.306. The lowest BCUT2D eigenvalue weighted by Crippen LogP contribution is -2.59. The van der Waals surface area contributed by atoms with Gasteiger partial charge < -0.3 is 0 Å². The molecule has 0 atom stereocenters. The maximum absolute atomic E-state index is 9.33. The number of nitriles is 1. The monoisotopic (exact) mass is 232 g/mol. The molecule has 4 fully saturated rings. The van der Waals surface area contributed by atoms with Gasteiger partial charge in [-0.25, -0.2) is 0 Å². The molecule has 0 amide bonds. The fourth-order valence-corrected chi connectivity index (χ4v) is 4.98. The summed E-state index contributed by atoms with van der Waals surface area (Å²) in [6, 6.07) is 3.15. The Bertz CT molecular complexity index is 324. The number of hydrogen-bond acceptors (Lipinski definition) is 2. The van der Waals surface area contributed by atoms with Crippen LogP contribution in [0.25, 0.3) is 0 Å². The van der Waals surface area contributed by atoms with Crippen LogP contribution in [0.1, 0.15) is 46.0 Å². The van der Waals surface area contributed by atoms with E-state index in [1.54, 1.807) is 0 Å². The van der Waals surface area contributed by atoms with Crippen LogP contribution in [0.3, 0.4) is 0 Å². The van der Waals surface area contributed by atoms with Gasteiger partial charge in [0.15, 0.2) is 0 Å². The van der Waals surface area contributed by atoms with E-state index < -0.39 is 0 Å². The van der Waals surface area contributed by atoms with Gasteiger partial charge in [0, 0.05) is 6.04 Å². The lowest BCUT2D eigenvalue weighted by Gasteiger charge is -2.58. The van der Waals surface area contributed by atoms with Crippen molar-refractivity contribution in [1.29, 1.82) is 5.26 Å². The van der Waals surface area contributed by atoms with Gasteiger partial charge in [-0.1, -0.05) is 0 Å². The van der Waals surface area contributed by atoms with Crippen molar-refractivity contribution in [2.45, 2.75) is 57.5 Å². The second kappa shape index (κ2) is 3.72. The summed E-state index contributed by atoms with van der Waals surface area (Å²) in [6.45, 7) is 4.14. The first-order valence-electron chi connectivity index (χ1n) is 7.15. The molecular weight excluding hydrogens is 208 g/mol. The average molecular weight is 232 g/mol. The molecule has 0 spiro atoms. The van der Waals surface area contributed by atoms with Gasteiger partial charge in [0.25, 0.3) is 0 Å². The Morgan fingerprint density at radius 2 is 1.47 bits per heavy atom. The van der Waals surface area contributed by atoms with Crippen LogP contribution in [0.15, 0.2) is 0 Å². The largest absolute Gasteiger partial charge is 0.286 e. The Morgan fingerprint density at radius 3 is 1.88 bits per heavy atom. The highest BCUT2D eigenvalue weighted by Crippen LogP contribution is 2.55. The van der Waals surface area contributed by atoms with Crippen LogP contribution in [0, 0.1) is 35.0 Å². The van der Waals surface area contributed by atoms with Gasteiger partial charge in [-0.05, 0) is 76.7 Å². The predicted octanol–water partition coefficient (Wildman–Crippen LogP) is 3.05. The molecule has 0 saturated heterocycles. The zero-order chi connectivity index (χ0) is 12.2. The van der Waals surface area contributed by atoms with Crippen LogP contribution < -0.4 is 0 Å². The van der Waals surface area contributed by atoms with Gasteiger partial charge >= 0.3 is 0 Å². The van der Waals surface area contributed by atoms with Gasteiger partial charge in [0.2, 0.25) is 0 Å². The number of nitrogens with zero attached hydrogens (tertiary/aromatic N) is 2. The van der Waals surface area contributed by atoms with Crippen LogP contribution >= 0.6 is 0 Å². The zero-order valence-corrected chi connectivity index (χ0v) is 11.3. The van der Waals surface area contributed by atoms with Crippen molar-refractivity contribution in [3.63, 3.8) is 0 Å². The highest BCUT2D eigenvalue weighted by molar-refractivity contribution is 5.08. The molecule has 0 aliphatic heterocycles. The van der Waals surface area contributed by atoms with E-state index in [0.717, 1.165) is 23.7 Å². The van der Waals surface area contributed by atoms with Crippen molar-refractivity contribution in [3.05, 3.63) is 0 Å². The van der Waals surface area contributed by atoms with Crippen LogP contribution in [-0.4, -0.2) is 23.5 Å². The lowest BCUT2D eigenvalue weighted by molar-refractivity contribution is -0.0753. The van der Waals surface area contributed by atoms with Crippen LogP contribution in [0.2, 0.25) is 0 Å². The van der Waals surface area contributed by atoms with E-state index in [0.29, 0.717) is 6.04 Å². The predicted molar refractivity (Wildman–Crippen MR) is 68.3 cm³/mol. The molecule has 0 aromatic heterocycles. The van der Waals surface area contributed by atoms with Crippen LogP contribution in [-0.2, 0) is 0 Å². The van der Waals surface area contributed by atoms with Gasteiger partial charge in [-0.15, -0.1) is 0 Å². The Kier molecular flexibility index (Phi) is 2.52. The van der Waals surface area contributed by atoms with Crippen LogP contribution in [0.4, 0.5) is 0 Å². The Morgan fingerprint density at radius 1 is 1.00 bits per heavy atom. The van der Waals surface area contributed by atoms with Crippen molar-refractivity contribution in [3.8, 4) is 6.07 Å². The molecule has 0 unspecified atom stereocenters. The highest BCUT2D eigenvalue weighted by atomic mass is 15.2. The molecule has 0 radical (unpaired) electrons. The lowest BCUT2D eigenvalue weighted by atomic mass is 9.53. The minimum Gasteiger partial charge on any atom is -0.286 e. The number of rotatable bonds is 2. The summed E-state index contributed by atoms with van der Waals surface area (Å²) in [7, 11) is 2.18. The molecule has 0 N–H and O–H groups in total. The van der Waals surface area contributed by atoms with E-state index >= 15 is 0 Å². The average Bonchev–Trinajstić information content (AvgIpc) is 2.27. The first-order valence-corrected chi connectivity index (χ1v) is 7.15. The van der Waals surface area contributed by atoms with Gasteiger partial charge in [-0.2, -0.15) is 5.26 Å². The summed E-state index contributed by atoms with van der Waals surface area (Å²) in [5, 5.41) is 9.33. The topological polar surface area (TPSA) is 27.0 Å². The van der Waals surface area contributed by atoms with E-state index in [4.69, 9.17) is 0 Å².